The van der Waals surface area contributed by atoms with Crippen LogP contribution in [0.15, 0.2) is 59.8 Å². The molecule has 8 heteroatoms. The van der Waals surface area contributed by atoms with Gasteiger partial charge in [-0.05, 0) is 50.5 Å². The molecule has 2 aromatic heterocycles. The van der Waals surface area contributed by atoms with E-state index in [0.717, 1.165) is 45.4 Å². The molecule has 0 radical (unpaired) electrons. The van der Waals surface area contributed by atoms with Gasteiger partial charge in [-0.3, -0.25) is 9.36 Å². The number of carbonyl (C=O) groups excluding carboxylic acids is 1. The van der Waals surface area contributed by atoms with Crippen LogP contribution in [0.1, 0.15) is 46.2 Å². The average molecular weight is 487 g/mol. The molecule has 1 fully saturated rings. The number of ether oxygens (including phenoxy) is 2. The molecule has 2 aromatic carbocycles. The monoisotopic (exact) mass is 486 g/mol. The second-order valence-corrected chi connectivity index (χ2v) is 9.99. The highest BCUT2D eigenvalue weighted by atomic mass is 32.2. The van der Waals surface area contributed by atoms with E-state index in [2.05, 4.69) is 33.2 Å². The van der Waals surface area contributed by atoms with Crippen molar-refractivity contribution in [1.82, 2.24) is 19.3 Å². The smallest absolute Gasteiger partial charge is 0.231 e. The summed E-state index contributed by atoms with van der Waals surface area (Å²) in [6.07, 6.45) is 2.40. The number of hydrogen-bond donors (Lipinski definition) is 0. The lowest BCUT2D eigenvalue weighted by Gasteiger charge is -2.11. The highest BCUT2D eigenvalue weighted by molar-refractivity contribution is 7.99. The van der Waals surface area contributed by atoms with Crippen molar-refractivity contribution < 1.29 is 14.3 Å². The van der Waals surface area contributed by atoms with Gasteiger partial charge in [-0.15, -0.1) is 10.2 Å². The number of aryl methyl sites for hydroxylation is 1. The van der Waals surface area contributed by atoms with Crippen molar-refractivity contribution in [2.45, 2.75) is 44.4 Å². The molecule has 7 nitrogen and oxygen atoms in total. The summed E-state index contributed by atoms with van der Waals surface area (Å²) in [6.45, 7) is 4.94. The molecular weight excluding hydrogens is 460 g/mol. The molecule has 35 heavy (non-hydrogen) atoms. The topological polar surface area (TPSA) is 71.2 Å². The molecule has 2 aliphatic rings. The van der Waals surface area contributed by atoms with E-state index < -0.39 is 0 Å². The summed E-state index contributed by atoms with van der Waals surface area (Å²) >= 11 is 1.43. The van der Waals surface area contributed by atoms with E-state index in [-0.39, 0.29) is 12.6 Å². The van der Waals surface area contributed by atoms with E-state index in [0.29, 0.717) is 23.5 Å². The van der Waals surface area contributed by atoms with Crippen molar-refractivity contribution >= 4 is 17.5 Å². The molecule has 0 unspecified atom stereocenters. The summed E-state index contributed by atoms with van der Waals surface area (Å²) in [5.41, 5.74) is 5.07. The Kier molecular flexibility index (Phi) is 5.60. The fourth-order valence-corrected chi connectivity index (χ4v) is 5.54. The maximum Gasteiger partial charge on any atom is 0.231 e. The molecule has 0 atom stereocenters. The second-order valence-electron chi connectivity index (χ2n) is 9.04. The minimum atomic E-state index is 0.119. The Morgan fingerprint density at radius 2 is 1.83 bits per heavy atom. The highest BCUT2D eigenvalue weighted by Crippen LogP contribution is 2.39. The van der Waals surface area contributed by atoms with Gasteiger partial charge in [0, 0.05) is 28.6 Å². The highest BCUT2D eigenvalue weighted by Gasteiger charge is 2.28. The Bertz CT molecular complexity index is 1410. The zero-order valence-corrected chi connectivity index (χ0v) is 20.5. The number of aromatic nitrogens is 4. The molecule has 178 valence electrons. The lowest BCUT2D eigenvalue weighted by Crippen LogP contribution is -2.08. The van der Waals surface area contributed by atoms with Crippen LogP contribution in [-0.4, -0.2) is 37.7 Å². The average Bonchev–Trinajstić information content (AvgIpc) is 3.31. The predicted molar refractivity (Wildman–Crippen MR) is 134 cm³/mol. The Balaban J connectivity index is 1.27. The van der Waals surface area contributed by atoms with Gasteiger partial charge in [0.15, 0.2) is 28.3 Å². The van der Waals surface area contributed by atoms with Crippen molar-refractivity contribution in [2.24, 2.45) is 0 Å². The van der Waals surface area contributed by atoms with Crippen molar-refractivity contribution in [1.29, 1.82) is 0 Å². The Morgan fingerprint density at radius 1 is 1.03 bits per heavy atom. The van der Waals surface area contributed by atoms with Gasteiger partial charge in [-0.1, -0.05) is 48.2 Å². The van der Waals surface area contributed by atoms with Crippen molar-refractivity contribution in [3.63, 3.8) is 0 Å². The zero-order chi connectivity index (χ0) is 23.9. The number of hydrogen-bond acceptors (Lipinski definition) is 6. The van der Waals surface area contributed by atoms with Gasteiger partial charge in [0.25, 0.3) is 0 Å². The number of fused-ring (bicyclic) bond motifs is 1. The van der Waals surface area contributed by atoms with Crippen LogP contribution in [0.25, 0.3) is 11.4 Å². The second kappa shape index (κ2) is 8.92. The maximum atomic E-state index is 13.2. The minimum Gasteiger partial charge on any atom is -0.454 e. The predicted octanol–water partition coefficient (Wildman–Crippen LogP) is 5.45. The van der Waals surface area contributed by atoms with Gasteiger partial charge >= 0.3 is 0 Å². The first-order valence-corrected chi connectivity index (χ1v) is 12.8. The Labute approximate surface area is 208 Å². The lowest BCUT2D eigenvalue weighted by molar-refractivity contribution is 0.102. The Hall–Kier alpha value is -3.52. The van der Waals surface area contributed by atoms with E-state index in [1.807, 2.05) is 54.6 Å². The van der Waals surface area contributed by atoms with Gasteiger partial charge < -0.3 is 14.0 Å². The fraction of sp³-hybridized carbons (Fsp3) is 0.296. The van der Waals surface area contributed by atoms with Crippen LogP contribution in [0.2, 0.25) is 0 Å². The molecular formula is C27H26N4O3S. The SMILES string of the molecule is Cc1cc(C(=O)CSc2nnc(-c3ccccc3)n2Cc2ccc3c(c2)OCO3)c(C)n1C1CC1. The van der Waals surface area contributed by atoms with Gasteiger partial charge in [-0.2, -0.15) is 0 Å². The van der Waals surface area contributed by atoms with Crippen molar-refractivity contribution in [3.05, 3.63) is 77.1 Å². The normalized spacial score (nSPS) is 14.5. The van der Waals surface area contributed by atoms with Crippen molar-refractivity contribution in [3.8, 4) is 22.9 Å². The summed E-state index contributed by atoms with van der Waals surface area (Å²) in [7, 11) is 0. The first-order valence-electron chi connectivity index (χ1n) is 11.8. The summed E-state index contributed by atoms with van der Waals surface area (Å²) in [4.78, 5) is 13.2. The van der Waals surface area contributed by atoms with Crippen LogP contribution < -0.4 is 9.47 Å². The first kappa shape index (κ1) is 22.0. The molecule has 0 bridgehead atoms. The molecule has 0 N–H and O–H groups in total. The fourth-order valence-electron chi connectivity index (χ4n) is 4.72. The third-order valence-corrected chi connectivity index (χ3v) is 7.52. The number of rotatable bonds is 8. The molecule has 1 aliphatic heterocycles. The van der Waals surface area contributed by atoms with E-state index >= 15 is 0 Å². The molecule has 0 spiro atoms. The zero-order valence-electron chi connectivity index (χ0n) is 19.7. The van der Waals surface area contributed by atoms with Gasteiger partial charge in [0.1, 0.15) is 0 Å². The number of benzene rings is 2. The summed E-state index contributed by atoms with van der Waals surface area (Å²) in [5, 5.41) is 9.68. The summed E-state index contributed by atoms with van der Waals surface area (Å²) < 4.78 is 15.4. The Morgan fingerprint density at radius 3 is 2.63 bits per heavy atom. The summed E-state index contributed by atoms with van der Waals surface area (Å²) in [6, 6.07) is 18.5. The molecule has 1 saturated carbocycles. The molecule has 0 saturated heterocycles. The summed E-state index contributed by atoms with van der Waals surface area (Å²) in [5.74, 6) is 2.69. The van der Waals surface area contributed by atoms with Crippen LogP contribution in [-0.2, 0) is 6.54 Å². The number of nitrogens with zero attached hydrogens (tertiary/aromatic N) is 4. The molecule has 6 rings (SSSR count). The van der Waals surface area contributed by atoms with Crippen LogP contribution >= 0.6 is 11.8 Å². The standard InChI is InChI=1S/C27H26N4O3S/c1-17-12-22(18(2)31(17)21-9-10-21)23(32)15-35-27-29-28-26(20-6-4-3-5-7-20)30(27)14-19-8-11-24-25(13-19)34-16-33-24/h3-8,11-13,21H,9-10,14-16H2,1-2H3. The van der Waals surface area contributed by atoms with Crippen LogP contribution in [0.5, 0.6) is 11.5 Å². The number of carbonyl (C=O) groups is 1. The lowest BCUT2D eigenvalue weighted by atomic mass is 10.2. The number of Topliss-reactive ketones (excluding diaryl/α,β-unsaturated/α-hetero) is 1. The molecule has 4 aromatic rings. The van der Waals surface area contributed by atoms with Gasteiger partial charge in [-0.25, -0.2) is 0 Å². The number of thioether (sulfide) groups is 1. The van der Waals surface area contributed by atoms with E-state index in [1.54, 1.807) is 0 Å². The van der Waals surface area contributed by atoms with Crippen LogP contribution in [0, 0.1) is 13.8 Å². The van der Waals surface area contributed by atoms with E-state index in [1.165, 1.54) is 24.6 Å². The minimum absolute atomic E-state index is 0.119. The molecule has 0 amide bonds. The first-order chi connectivity index (χ1) is 17.1. The third-order valence-electron chi connectivity index (χ3n) is 6.56. The number of ketones is 1. The molecule has 1 aliphatic carbocycles. The van der Waals surface area contributed by atoms with Gasteiger partial charge in [0.2, 0.25) is 6.79 Å². The third kappa shape index (κ3) is 4.23. The van der Waals surface area contributed by atoms with Crippen LogP contribution in [0.4, 0.5) is 0 Å². The van der Waals surface area contributed by atoms with Crippen molar-refractivity contribution in [2.75, 3.05) is 12.5 Å². The largest absolute Gasteiger partial charge is 0.454 e. The van der Waals surface area contributed by atoms with E-state index in [9.17, 15) is 4.79 Å². The maximum absolute atomic E-state index is 13.2. The van der Waals surface area contributed by atoms with E-state index in [4.69, 9.17) is 9.47 Å². The molecule has 3 heterocycles. The van der Waals surface area contributed by atoms with Crippen LogP contribution in [0.3, 0.4) is 0 Å². The quantitative estimate of drug-likeness (QED) is 0.244. The van der Waals surface area contributed by atoms with Gasteiger partial charge in [0.05, 0.1) is 12.3 Å².